The van der Waals surface area contributed by atoms with E-state index in [2.05, 4.69) is 20.2 Å². The number of carbonyl (C=O) groups excluding carboxylic acids is 1. The van der Waals surface area contributed by atoms with Gasteiger partial charge >= 0.3 is 6.18 Å². The number of hydrogen-bond acceptors (Lipinski definition) is 7. The fourth-order valence-corrected chi connectivity index (χ4v) is 3.60. The Labute approximate surface area is 181 Å². The number of anilines is 1. The number of pyridine rings is 2. The first-order chi connectivity index (χ1) is 15.1. The third-order valence-corrected chi connectivity index (χ3v) is 5.07. The number of aromatic nitrogens is 4. The Morgan fingerprint density at radius 3 is 2.62 bits per heavy atom. The third kappa shape index (κ3) is 4.33. The van der Waals surface area contributed by atoms with Crippen molar-refractivity contribution in [3.63, 3.8) is 0 Å². The lowest BCUT2D eigenvalue weighted by Crippen LogP contribution is -2.34. The zero-order valence-electron chi connectivity index (χ0n) is 17.5. The molecule has 0 saturated carbocycles. The molecule has 0 radical (unpaired) electrons. The van der Waals surface area contributed by atoms with E-state index in [0.29, 0.717) is 31.1 Å². The van der Waals surface area contributed by atoms with Crippen LogP contribution in [-0.4, -0.2) is 37.5 Å². The van der Waals surface area contributed by atoms with Crippen molar-refractivity contribution in [2.24, 2.45) is 5.92 Å². The van der Waals surface area contributed by atoms with Crippen LogP contribution in [0.15, 0.2) is 24.4 Å². The highest BCUT2D eigenvalue weighted by Crippen LogP contribution is 2.31. The van der Waals surface area contributed by atoms with Crippen LogP contribution >= 0.6 is 0 Å². The molecule has 32 heavy (non-hydrogen) atoms. The van der Waals surface area contributed by atoms with Crippen LogP contribution in [-0.2, 0) is 30.7 Å². The molecule has 11 heteroatoms. The third-order valence-electron chi connectivity index (χ3n) is 5.07. The van der Waals surface area contributed by atoms with E-state index < -0.39 is 11.9 Å². The Morgan fingerprint density at radius 2 is 1.97 bits per heavy atom. The molecule has 0 aliphatic carbocycles. The van der Waals surface area contributed by atoms with Crippen molar-refractivity contribution in [2.45, 2.75) is 39.8 Å². The van der Waals surface area contributed by atoms with Crippen LogP contribution in [0.25, 0.3) is 10.9 Å². The molecule has 4 heterocycles. The van der Waals surface area contributed by atoms with E-state index >= 15 is 0 Å². The molecule has 0 saturated heterocycles. The van der Waals surface area contributed by atoms with Crippen LogP contribution in [0, 0.1) is 5.92 Å². The molecular formula is C21H21F3N6O2. The molecular weight excluding hydrogens is 425 g/mol. The maximum absolute atomic E-state index is 13.3. The number of nitrogens with two attached hydrogens (primary N) is 1. The van der Waals surface area contributed by atoms with Gasteiger partial charge in [-0.05, 0) is 29.7 Å². The van der Waals surface area contributed by atoms with E-state index in [4.69, 9.17) is 10.5 Å². The molecule has 1 aliphatic heterocycles. The van der Waals surface area contributed by atoms with Crippen molar-refractivity contribution < 1.29 is 22.7 Å². The first kappa shape index (κ1) is 21.9. The summed E-state index contributed by atoms with van der Waals surface area (Å²) in [5, 5.41) is 7.63. The van der Waals surface area contributed by atoms with Gasteiger partial charge in [0.2, 0.25) is 0 Å². The van der Waals surface area contributed by atoms with Crippen LogP contribution in [0.2, 0.25) is 0 Å². The van der Waals surface area contributed by atoms with Crippen LogP contribution in [0.3, 0.4) is 0 Å². The monoisotopic (exact) mass is 446 g/mol. The van der Waals surface area contributed by atoms with Gasteiger partial charge in [-0.15, -0.1) is 5.10 Å². The summed E-state index contributed by atoms with van der Waals surface area (Å²) in [6.07, 6.45) is -3.08. The Kier molecular flexibility index (Phi) is 5.68. The van der Waals surface area contributed by atoms with Crippen molar-refractivity contribution in [1.29, 1.82) is 0 Å². The van der Waals surface area contributed by atoms with Gasteiger partial charge in [0.1, 0.15) is 11.5 Å². The number of alkyl halides is 3. The van der Waals surface area contributed by atoms with Gasteiger partial charge in [-0.3, -0.25) is 4.79 Å². The molecule has 0 spiro atoms. The zero-order chi connectivity index (χ0) is 23.0. The fourth-order valence-electron chi connectivity index (χ4n) is 3.60. The number of nitrogens with zero attached hydrogens (tertiary/aromatic N) is 5. The largest absolute Gasteiger partial charge is 0.435 e. The van der Waals surface area contributed by atoms with Gasteiger partial charge in [0.15, 0.2) is 5.69 Å². The first-order valence-corrected chi connectivity index (χ1v) is 9.97. The molecule has 0 bridgehead atoms. The molecule has 8 nitrogen and oxygen atoms in total. The van der Waals surface area contributed by atoms with Gasteiger partial charge in [0.05, 0.1) is 37.2 Å². The lowest BCUT2D eigenvalue weighted by Gasteiger charge is -2.24. The Balaban J connectivity index is 1.64. The molecule has 1 amide bonds. The number of ether oxygens (including phenoxy) is 1. The second-order valence-corrected chi connectivity index (χ2v) is 8.02. The lowest BCUT2D eigenvalue weighted by molar-refractivity contribution is -0.141. The summed E-state index contributed by atoms with van der Waals surface area (Å²) in [6, 6.07) is 3.73. The van der Waals surface area contributed by atoms with Gasteiger partial charge in [-0.1, -0.05) is 13.8 Å². The lowest BCUT2D eigenvalue weighted by atomic mass is 10.1. The van der Waals surface area contributed by atoms with Crippen molar-refractivity contribution >= 4 is 22.6 Å². The predicted octanol–water partition coefficient (Wildman–Crippen LogP) is 3.35. The van der Waals surface area contributed by atoms with Gasteiger partial charge in [-0.25, -0.2) is 9.97 Å². The molecule has 168 valence electrons. The highest BCUT2D eigenvalue weighted by molar-refractivity contribution is 5.97. The van der Waals surface area contributed by atoms with E-state index in [1.165, 1.54) is 17.2 Å². The smallest absolute Gasteiger partial charge is 0.383 e. The standard InChI is InChI=1S/C21H21F3N6O2/c1-11(2)7-30(8-12-3-4-18(29-28-12)21(22,23)24)20(31)16-5-13-14-9-32-10-15(14)19(25)27-17(13)6-26-16/h3-6,11H,7-10H2,1-2H3,(H2,25,27). The minimum Gasteiger partial charge on any atom is -0.383 e. The SMILES string of the molecule is CC(C)CN(Cc1ccc(C(F)(F)F)nn1)C(=O)c1cc2c3c(c(N)nc2cn1)COC3. The maximum Gasteiger partial charge on any atom is 0.435 e. The highest BCUT2D eigenvalue weighted by Gasteiger charge is 2.33. The summed E-state index contributed by atoms with van der Waals surface area (Å²) in [5.41, 5.74) is 7.59. The summed E-state index contributed by atoms with van der Waals surface area (Å²) in [5.74, 6) is 0.126. The average Bonchev–Trinajstić information content (AvgIpc) is 3.23. The molecule has 2 N–H and O–H groups in total. The van der Waals surface area contributed by atoms with Gasteiger partial charge in [0.25, 0.3) is 5.91 Å². The molecule has 1 aliphatic rings. The number of amides is 1. The second kappa shape index (κ2) is 8.30. The van der Waals surface area contributed by atoms with E-state index in [-0.39, 0.29) is 29.8 Å². The van der Waals surface area contributed by atoms with Crippen molar-refractivity contribution in [1.82, 2.24) is 25.1 Å². The Hall–Kier alpha value is -3.34. The Morgan fingerprint density at radius 1 is 1.22 bits per heavy atom. The zero-order valence-corrected chi connectivity index (χ0v) is 17.5. The predicted molar refractivity (Wildman–Crippen MR) is 109 cm³/mol. The number of halogens is 3. The molecule has 0 atom stereocenters. The van der Waals surface area contributed by atoms with Gasteiger partial charge in [-0.2, -0.15) is 18.3 Å². The van der Waals surface area contributed by atoms with E-state index in [9.17, 15) is 18.0 Å². The van der Waals surface area contributed by atoms with Crippen LogP contribution in [0.4, 0.5) is 19.0 Å². The van der Waals surface area contributed by atoms with Gasteiger partial charge < -0.3 is 15.4 Å². The van der Waals surface area contributed by atoms with E-state index in [1.807, 2.05) is 13.8 Å². The fraction of sp³-hybridized carbons (Fsp3) is 0.381. The summed E-state index contributed by atoms with van der Waals surface area (Å²) >= 11 is 0. The topological polar surface area (TPSA) is 107 Å². The molecule has 4 rings (SSSR count). The average molecular weight is 446 g/mol. The number of fused-ring (bicyclic) bond motifs is 3. The quantitative estimate of drug-likeness (QED) is 0.640. The van der Waals surface area contributed by atoms with Crippen LogP contribution in [0.5, 0.6) is 0 Å². The van der Waals surface area contributed by atoms with E-state index in [1.54, 1.807) is 6.07 Å². The van der Waals surface area contributed by atoms with Crippen LogP contribution in [0.1, 0.15) is 46.9 Å². The number of hydrogen-bond donors (Lipinski definition) is 1. The van der Waals surface area contributed by atoms with Gasteiger partial charge in [0, 0.05) is 17.5 Å². The minimum atomic E-state index is -4.57. The summed E-state index contributed by atoms with van der Waals surface area (Å²) in [7, 11) is 0. The summed E-state index contributed by atoms with van der Waals surface area (Å²) < 4.78 is 43.7. The number of carbonyl (C=O) groups is 1. The molecule has 0 unspecified atom stereocenters. The van der Waals surface area contributed by atoms with Crippen LogP contribution < -0.4 is 5.73 Å². The first-order valence-electron chi connectivity index (χ1n) is 9.97. The Bertz CT molecular complexity index is 1160. The normalized spacial score (nSPS) is 13.6. The molecule has 3 aromatic heterocycles. The minimum absolute atomic E-state index is 0.00305. The molecule has 0 fully saturated rings. The summed E-state index contributed by atoms with van der Waals surface area (Å²) in [6.45, 7) is 4.97. The highest BCUT2D eigenvalue weighted by atomic mass is 19.4. The number of nitrogen functional groups attached to an aromatic ring is 1. The van der Waals surface area contributed by atoms with Crippen molar-refractivity contribution in [3.05, 3.63) is 52.6 Å². The molecule has 0 aromatic carbocycles. The van der Waals surface area contributed by atoms with Crippen molar-refractivity contribution in [2.75, 3.05) is 12.3 Å². The van der Waals surface area contributed by atoms with Crippen molar-refractivity contribution in [3.8, 4) is 0 Å². The van der Waals surface area contributed by atoms with E-state index in [0.717, 1.165) is 22.6 Å². The molecule has 3 aromatic rings. The number of rotatable bonds is 5. The second-order valence-electron chi connectivity index (χ2n) is 8.02. The maximum atomic E-state index is 13.3. The summed E-state index contributed by atoms with van der Waals surface area (Å²) in [4.78, 5) is 23.4.